The smallest absolute Gasteiger partial charge is 0.261 e. The van der Waals surface area contributed by atoms with Crippen LogP contribution >= 0.6 is 0 Å². The van der Waals surface area contributed by atoms with Crippen LogP contribution in [0.15, 0.2) is 36.4 Å². The Morgan fingerprint density at radius 1 is 0.893 bits per heavy atom. The second-order valence-electron chi connectivity index (χ2n) is 7.27. The molecule has 0 saturated carbocycles. The highest BCUT2D eigenvalue weighted by Gasteiger charge is 2.20. The molecule has 0 radical (unpaired) electrons. The Hall–Kier alpha value is -2.69. The molecule has 1 N–H and O–H groups in total. The quantitative estimate of drug-likeness (QED) is 0.710. The van der Waals surface area contributed by atoms with Crippen LogP contribution in [0.2, 0.25) is 0 Å². The molecule has 0 aliphatic heterocycles. The average molecular weight is 386 g/mol. The molecule has 0 saturated heterocycles. The fourth-order valence-electron chi connectivity index (χ4n) is 3.13. The van der Waals surface area contributed by atoms with Gasteiger partial charge in [-0.1, -0.05) is 13.8 Å². The second-order valence-corrected chi connectivity index (χ2v) is 7.27. The van der Waals surface area contributed by atoms with Gasteiger partial charge in [0.1, 0.15) is 17.2 Å². The summed E-state index contributed by atoms with van der Waals surface area (Å²) in [4.78, 5) is 12.6. The average Bonchev–Trinajstić information content (AvgIpc) is 2.67. The van der Waals surface area contributed by atoms with E-state index >= 15 is 0 Å². The number of amides is 1. The number of aryl methyl sites for hydroxylation is 1. The summed E-state index contributed by atoms with van der Waals surface area (Å²) in [5.74, 6) is 2.41. The lowest BCUT2D eigenvalue weighted by atomic mass is 9.93. The molecule has 28 heavy (non-hydrogen) atoms. The van der Waals surface area contributed by atoms with Crippen LogP contribution in [0.25, 0.3) is 0 Å². The van der Waals surface area contributed by atoms with E-state index < -0.39 is 6.10 Å². The van der Waals surface area contributed by atoms with Crippen molar-refractivity contribution >= 4 is 5.91 Å². The Morgan fingerprint density at radius 3 is 2.04 bits per heavy atom. The number of rotatable bonds is 8. The largest absolute Gasteiger partial charge is 0.497 e. The lowest BCUT2D eigenvalue weighted by Gasteiger charge is -2.22. The maximum Gasteiger partial charge on any atom is 0.261 e. The van der Waals surface area contributed by atoms with Gasteiger partial charge < -0.3 is 19.5 Å². The SMILES string of the molecule is COc1ccc(OC(C)C(=O)NC(C)c2cc(C(C)C)c(OC)cc2C)cc1. The van der Waals surface area contributed by atoms with Crippen molar-refractivity contribution in [3.05, 3.63) is 53.1 Å². The summed E-state index contributed by atoms with van der Waals surface area (Å²) in [7, 11) is 3.29. The van der Waals surface area contributed by atoms with Crippen LogP contribution in [0, 0.1) is 6.92 Å². The van der Waals surface area contributed by atoms with Gasteiger partial charge in [-0.15, -0.1) is 0 Å². The normalized spacial score (nSPS) is 13.0. The predicted octanol–water partition coefficient (Wildman–Crippen LogP) is 4.78. The summed E-state index contributed by atoms with van der Waals surface area (Å²) in [6.45, 7) is 10.0. The van der Waals surface area contributed by atoms with Gasteiger partial charge in [-0.05, 0) is 79.8 Å². The Kier molecular flexibility index (Phi) is 7.32. The van der Waals surface area contributed by atoms with E-state index in [1.165, 1.54) is 0 Å². The van der Waals surface area contributed by atoms with E-state index in [0.29, 0.717) is 11.7 Å². The molecule has 0 fully saturated rings. The van der Waals surface area contributed by atoms with Crippen molar-refractivity contribution in [1.82, 2.24) is 5.32 Å². The van der Waals surface area contributed by atoms with E-state index in [9.17, 15) is 4.79 Å². The Bertz CT molecular complexity index is 799. The van der Waals surface area contributed by atoms with Gasteiger partial charge in [0.15, 0.2) is 6.10 Å². The number of methoxy groups -OCH3 is 2. The number of hydrogen-bond donors (Lipinski definition) is 1. The van der Waals surface area contributed by atoms with Gasteiger partial charge in [0, 0.05) is 0 Å². The summed E-state index contributed by atoms with van der Waals surface area (Å²) < 4.78 is 16.4. The molecule has 2 aromatic rings. The molecule has 2 atom stereocenters. The van der Waals surface area contributed by atoms with Gasteiger partial charge >= 0.3 is 0 Å². The summed E-state index contributed by atoms with van der Waals surface area (Å²) in [6, 6.07) is 11.2. The Labute approximate surface area is 168 Å². The van der Waals surface area contributed by atoms with Gasteiger partial charge in [-0.2, -0.15) is 0 Å². The summed E-state index contributed by atoms with van der Waals surface area (Å²) in [5, 5.41) is 3.05. The molecule has 5 heteroatoms. The molecule has 2 rings (SSSR count). The lowest BCUT2D eigenvalue weighted by Crippen LogP contribution is -2.38. The molecular formula is C23H31NO4. The van der Waals surface area contributed by atoms with E-state index in [-0.39, 0.29) is 11.9 Å². The second kappa shape index (κ2) is 9.49. The third-order valence-corrected chi connectivity index (χ3v) is 4.81. The number of nitrogens with one attached hydrogen (secondary N) is 1. The topological polar surface area (TPSA) is 56.8 Å². The van der Waals surface area contributed by atoms with E-state index in [4.69, 9.17) is 14.2 Å². The highest BCUT2D eigenvalue weighted by Crippen LogP contribution is 2.32. The van der Waals surface area contributed by atoms with Crippen molar-refractivity contribution in [2.75, 3.05) is 14.2 Å². The maximum absolute atomic E-state index is 12.6. The molecular weight excluding hydrogens is 354 g/mol. The van der Waals surface area contributed by atoms with Crippen molar-refractivity contribution in [3.8, 4) is 17.2 Å². The maximum atomic E-state index is 12.6. The van der Waals surface area contributed by atoms with E-state index in [2.05, 4.69) is 25.2 Å². The number of ether oxygens (including phenoxy) is 3. The first-order valence-electron chi connectivity index (χ1n) is 9.56. The minimum atomic E-state index is -0.612. The van der Waals surface area contributed by atoms with Crippen LogP contribution in [0.3, 0.4) is 0 Å². The zero-order valence-corrected chi connectivity index (χ0v) is 17.8. The molecule has 0 aromatic heterocycles. The molecule has 152 valence electrons. The highest BCUT2D eigenvalue weighted by atomic mass is 16.5. The fourth-order valence-corrected chi connectivity index (χ4v) is 3.13. The number of benzene rings is 2. The van der Waals surface area contributed by atoms with Crippen LogP contribution in [0.1, 0.15) is 56.3 Å². The van der Waals surface area contributed by atoms with Crippen LogP contribution < -0.4 is 19.5 Å². The first kappa shape index (κ1) is 21.6. The number of carbonyl (C=O) groups is 1. The molecule has 1 amide bonds. The van der Waals surface area contributed by atoms with Gasteiger partial charge in [0.2, 0.25) is 0 Å². The fraction of sp³-hybridized carbons (Fsp3) is 0.435. The van der Waals surface area contributed by atoms with Crippen molar-refractivity contribution in [2.24, 2.45) is 0 Å². The molecule has 0 bridgehead atoms. The zero-order valence-electron chi connectivity index (χ0n) is 17.8. The molecule has 0 spiro atoms. The van der Waals surface area contributed by atoms with Gasteiger partial charge in [-0.3, -0.25) is 4.79 Å². The number of carbonyl (C=O) groups excluding carboxylic acids is 1. The molecule has 5 nitrogen and oxygen atoms in total. The lowest BCUT2D eigenvalue weighted by molar-refractivity contribution is -0.127. The van der Waals surface area contributed by atoms with Crippen LogP contribution in [-0.4, -0.2) is 26.2 Å². The van der Waals surface area contributed by atoms with E-state index in [1.54, 1.807) is 45.4 Å². The minimum Gasteiger partial charge on any atom is -0.497 e. The molecule has 0 aliphatic rings. The Balaban J connectivity index is 2.09. The summed E-state index contributed by atoms with van der Waals surface area (Å²) in [5.41, 5.74) is 3.29. The van der Waals surface area contributed by atoms with Crippen molar-refractivity contribution < 1.29 is 19.0 Å². The van der Waals surface area contributed by atoms with Gasteiger partial charge in [0.25, 0.3) is 5.91 Å². The van der Waals surface area contributed by atoms with Crippen molar-refractivity contribution in [2.45, 2.75) is 52.7 Å². The van der Waals surface area contributed by atoms with Gasteiger partial charge in [-0.25, -0.2) is 0 Å². The highest BCUT2D eigenvalue weighted by molar-refractivity contribution is 5.81. The van der Waals surface area contributed by atoms with Crippen LogP contribution in [0.4, 0.5) is 0 Å². The third-order valence-electron chi connectivity index (χ3n) is 4.81. The third kappa shape index (κ3) is 5.18. The summed E-state index contributed by atoms with van der Waals surface area (Å²) >= 11 is 0. The van der Waals surface area contributed by atoms with Crippen molar-refractivity contribution in [3.63, 3.8) is 0 Å². The monoisotopic (exact) mass is 385 g/mol. The van der Waals surface area contributed by atoms with E-state index in [0.717, 1.165) is 28.2 Å². The first-order valence-corrected chi connectivity index (χ1v) is 9.56. The standard InChI is InChI=1S/C23H31NO4/c1-14(2)20-13-21(15(3)12-22(20)27-7)16(4)24-23(25)17(5)28-19-10-8-18(26-6)9-11-19/h8-14,16-17H,1-7H3,(H,24,25). The minimum absolute atomic E-state index is 0.141. The molecule has 2 unspecified atom stereocenters. The first-order chi connectivity index (χ1) is 13.3. The van der Waals surface area contributed by atoms with Crippen LogP contribution in [0.5, 0.6) is 17.2 Å². The van der Waals surface area contributed by atoms with E-state index in [1.807, 2.05) is 19.9 Å². The number of hydrogen-bond acceptors (Lipinski definition) is 4. The van der Waals surface area contributed by atoms with Crippen LogP contribution in [-0.2, 0) is 4.79 Å². The Morgan fingerprint density at radius 2 is 1.50 bits per heavy atom. The van der Waals surface area contributed by atoms with Gasteiger partial charge in [0.05, 0.1) is 20.3 Å². The zero-order chi connectivity index (χ0) is 20.8. The molecule has 2 aromatic carbocycles. The summed E-state index contributed by atoms with van der Waals surface area (Å²) in [6.07, 6.45) is -0.612. The molecule has 0 aliphatic carbocycles. The predicted molar refractivity (Wildman–Crippen MR) is 111 cm³/mol. The van der Waals surface area contributed by atoms with Crippen molar-refractivity contribution in [1.29, 1.82) is 0 Å². The molecule has 0 heterocycles.